The van der Waals surface area contributed by atoms with Crippen molar-refractivity contribution in [2.75, 3.05) is 19.0 Å². The van der Waals surface area contributed by atoms with Crippen molar-refractivity contribution < 1.29 is 14.3 Å². The van der Waals surface area contributed by atoms with Crippen molar-refractivity contribution in [1.82, 2.24) is 4.98 Å². The van der Waals surface area contributed by atoms with Gasteiger partial charge in [-0.1, -0.05) is 0 Å². The van der Waals surface area contributed by atoms with Crippen molar-refractivity contribution in [3.63, 3.8) is 0 Å². The van der Waals surface area contributed by atoms with Gasteiger partial charge in [0.2, 0.25) is 11.8 Å². The molecule has 1 aliphatic heterocycles. The minimum atomic E-state index is -0.0665. The predicted molar refractivity (Wildman–Crippen MR) is 63.0 cm³/mol. The molecule has 1 atom stereocenters. The topological polar surface area (TPSA) is 60.5 Å². The molecule has 1 amide bonds. The first-order valence-corrected chi connectivity index (χ1v) is 5.70. The number of nitrogens with one attached hydrogen (secondary N) is 1. The van der Waals surface area contributed by atoms with Gasteiger partial charge in [-0.3, -0.25) is 4.79 Å². The number of hydrogen-bond acceptors (Lipinski definition) is 4. The number of anilines is 1. The standard InChI is InChI=1S/C12H16N2O3/c1-16-12-10(5-2-6-13-12)14-11(15)8-9-4-3-7-17-9/h2,5-6,9H,3-4,7-8H2,1H3,(H,14,15). The van der Waals surface area contributed by atoms with Crippen LogP contribution in [0.1, 0.15) is 19.3 Å². The predicted octanol–water partition coefficient (Wildman–Crippen LogP) is 1.60. The maximum atomic E-state index is 11.8. The lowest BCUT2D eigenvalue weighted by atomic mass is 10.2. The van der Waals surface area contributed by atoms with E-state index in [1.165, 1.54) is 7.11 Å². The van der Waals surface area contributed by atoms with E-state index >= 15 is 0 Å². The van der Waals surface area contributed by atoms with Gasteiger partial charge in [-0.25, -0.2) is 4.98 Å². The molecule has 5 heteroatoms. The van der Waals surface area contributed by atoms with Gasteiger partial charge >= 0.3 is 0 Å². The van der Waals surface area contributed by atoms with Crippen LogP contribution in [0.25, 0.3) is 0 Å². The van der Waals surface area contributed by atoms with E-state index in [-0.39, 0.29) is 12.0 Å². The van der Waals surface area contributed by atoms with E-state index in [1.54, 1.807) is 18.3 Å². The minimum absolute atomic E-state index is 0.0534. The van der Waals surface area contributed by atoms with Crippen molar-refractivity contribution in [3.05, 3.63) is 18.3 Å². The van der Waals surface area contributed by atoms with Gasteiger partial charge in [-0.05, 0) is 25.0 Å². The third kappa shape index (κ3) is 3.17. The number of aromatic nitrogens is 1. The second kappa shape index (κ2) is 5.63. The lowest BCUT2D eigenvalue weighted by molar-refractivity contribution is -0.118. The SMILES string of the molecule is COc1ncccc1NC(=O)CC1CCCO1. The van der Waals surface area contributed by atoms with E-state index in [2.05, 4.69) is 10.3 Å². The van der Waals surface area contributed by atoms with Gasteiger partial charge in [-0.2, -0.15) is 0 Å². The monoisotopic (exact) mass is 236 g/mol. The lowest BCUT2D eigenvalue weighted by Crippen LogP contribution is -2.19. The van der Waals surface area contributed by atoms with Crippen LogP contribution in [0, 0.1) is 0 Å². The van der Waals surface area contributed by atoms with Crippen LogP contribution < -0.4 is 10.1 Å². The summed E-state index contributed by atoms with van der Waals surface area (Å²) < 4.78 is 10.5. The maximum absolute atomic E-state index is 11.8. The van der Waals surface area contributed by atoms with Gasteiger partial charge < -0.3 is 14.8 Å². The summed E-state index contributed by atoms with van der Waals surface area (Å²) in [6.07, 6.45) is 4.05. The van der Waals surface area contributed by atoms with Crippen LogP contribution in [0.5, 0.6) is 5.88 Å². The van der Waals surface area contributed by atoms with Crippen LogP contribution in [0.15, 0.2) is 18.3 Å². The van der Waals surface area contributed by atoms with Crippen LogP contribution in [0.2, 0.25) is 0 Å². The largest absolute Gasteiger partial charge is 0.480 e. The first kappa shape index (κ1) is 11.9. The summed E-state index contributed by atoms with van der Waals surface area (Å²) in [6, 6.07) is 3.52. The molecule has 5 nitrogen and oxygen atoms in total. The molecule has 0 spiro atoms. The summed E-state index contributed by atoms with van der Waals surface area (Å²) >= 11 is 0. The highest BCUT2D eigenvalue weighted by molar-refractivity contribution is 5.92. The Kier molecular flexibility index (Phi) is 3.93. The van der Waals surface area contributed by atoms with E-state index in [9.17, 15) is 4.79 Å². The fourth-order valence-electron chi connectivity index (χ4n) is 1.86. The van der Waals surface area contributed by atoms with Gasteiger partial charge in [0.25, 0.3) is 0 Å². The molecule has 1 aromatic heterocycles. The molecule has 1 fully saturated rings. The molecule has 0 bridgehead atoms. The molecular weight excluding hydrogens is 220 g/mol. The minimum Gasteiger partial charge on any atom is -0.480 e. The Morgan fingerprint density at radius 2 is 2.59 bits per heavy atom. The quantitative estimate of drug-likeness (QED) is 0.862. The average Bonchev–Trinajstić information content (AvgIpc) is 2.82. The molecule has 1 aliphatic rings. The van der Waals surface area contributed by atoms with Crippen molar-refractivity contribution in [3.8, 4) is 5.88 Å². The zero-order valence-electron chi connectivity index (χ0n) is 9.81. The highest BCUT2D eigenvalue weighted by Crippen LogP contribution is 2.21. The van der Waals surface area contributed by atoms with Crippen LogP contribution >= 0.6 is 0 Å². The molecule has 0 saturated carbocycles. The van der Waals surface area contributed by atoms with Crippen molar-refractivity contribution in [1.29, 1.82) is 0 Å². The van der Waals surface area contributed by atoms with Crippen LogP contribution in [-0.2, 0) is 9.53 Å². The fraction of sp³-hybridized carbons (Fsp3) is 0.500. The van der Waals surface area contributed by atoms with Gasteiger partial charge in [0.1, 0.15) is 5.69 Å². The Hall–Kier alpha value is -1.62. The molecule has 1 aromatic rings. The molecule has 2 heterocycles. The summed E-state index contributed by atoms with van der Waals surface area (Å²) in [5.74, 6) is 0.358. The van der Waals surface area contributed by atoms with E-state index in [0.29, 0.717) is 18.0 Å². The van der Waals surface area contributed by atoms with Gasteiger partial charge in [0.05, 0.1) is 19.6 Å². The number of ether oxygens (including phenoxy) is 2. The number of carbonyl (C=O) groups excluding carboxylic acids is 1. The molecule has 1 saturated heterocycles. The van der Waals surface area contributed by atoms with Gasteiger partial charge in [0.15, 0.2) is 0 Å². The molecular formula is C12H16N2O3. The highest BCUT2D eigenvalue weighted by atomic mass is 16.5. The Morgan fingerprint density at radius 3 is 3.29 bits per heavy atom. The summed E-state index contributed by atoms with van der Waals surface area (Å²) in [4.78, 5) is 15.8. The van der Waals surface area contributed by atoms with Crippen molar-refractivity contribution in [2.45, 2.75) is 25.4 Å². The highest BCUT2D eigenvalue weighted by Gasteiger charge is 2.19. The molecule has 0 aromatic carbocycles. The molecule has 17 heavy (non-hydrogen) atoms. The number of amides is 1. The smallest absolute Gasteiger partial charge is 0.237 e. The van der Waals surface area contributed by atoms with Crippen LogP contribution in [0.4, 0.5) is 5.69 Å². The first-order valence-electron chi connectivity index (χ1n) is 5.70. The van der Waals surface area contributed by atoms with Crippen molar-refractivity contribution >= 4 is 11.6 Å². The van der Waals surface area contributed by atoms with E-state index in [4.69, 9.17) is 9.47 Å². The molecule has 1 N–H and O–H groups in total. The summed E-state index contributed by atoms with van der Waals surface area (Å²) in [7, 11) is 1.53. The number of pyridine rings is 1. The first-order chi connectivity index (χ1) is 8.29. The second-order valence-electron chi connectivity index (χ2n) is 3.95. The molecule has 0 aliphatic carbocycles. The number of nitrogens with zero attached hydrogens (tertiary/aromatic N) is 1. The zero-order valence-corrected chi connectivity index (χ0v) is 9.81. The Morgan fingerprint density at radius 1 is 1.71 bits per heavy atom. The van der Waals surface area contributed by atoms with Gasteiger partial charge in [0, 0.05) is 12.8 Å². The summed E-state index contributed by atoms with van der Waals surface area (Å²) in [5.41, 5.74) is 0.595. The molecule has 1 unspecified atom stereocenters. The Labute approximate surface area is 100 Å². The second-order valence-corrected chi connectivity index (χ2v) is 3.95. The Balaban J connectivity index is 1.92. The molecule has 0 radical (unpaired) electrons. The average molecular weight is 236 g/mol. The summed E-state index contributed by atoms with van der Waals surface area (Å²) in [6.45, 7) is 0.758. The van der Waals surface area contributed by atoms with E-state index in [0.717, 1.165) is 19.4 Å². The van der Waals surface area contributed by atoms with Gasteiger partial charge in [-0.15, -0.1) is 0 Å². The van der Waals surface area contributed by atoms with E-state index < -0.39 is 0 Å². The Bertz CT molecular complexity index is 389. The molecule has 92 valence electrons. The van der Waals surface area contributed by atoms with Crippen LogP contribution in [-0.4, -0.2) is 30.7 Å². The lowest BCUT2D eigenvalue weighted by Gasteiger charge is -2.11. The number of carbonyl (C=O) groups is 1. The zero-order chi connectivity index (χ0) is 12.1. The number of hydrogen-bond donors (Lipinski definition) is 1. The fourth-order valence-corrected chi connectivity index (χ4v) is 1.86. The third-order valence-electron chi connectivity index (χ3n) is 2.68. The third-order valence-corrected chi connectivity index (χ3v) is 2.68. The number of rotatable bonds is 4. The number of methoxy groups -OCH3 is 1. The summed E-state index contributed by atoms with van der Waals surface area (Å²) in [5, 5.41) is 2.78. The van der Waals surface area contributed by atoms with Crippen LogP contribution in [0.3, 0.4) is 0 Å². The normalized spacial score (nSPS) is 19.0. The van der Waals surface area contributed by atoms with E-state index in [1.807, 2.05) is 0 Å². The van der Waals surface area contributed by atoms with Crippen molar-refractivity contribution in [2.24, 2.45) is 0 Å². The molecule has 2 rings (SSSR count). The maximum Gasteiger partial charge on any atom is 0.237 e.